The van der Waals surface area contributed by atoms with Gasteiger partial charge in [0.15, 0.2) is 0 Å². The fourth-order valence-electron chi connectivity index (χ4n) is 2.42. The lowest BCUT2D eigenvalue weighted by Gasteiger charge is -2.44. The highest BCUT2D eigenvalue weighted by molar-refractivity contribution is 5.52. The van der Waals surface area contributed by atoms with E-state index < -0.39 is 0 Å². The zero-order chi connectivity index (χ0) is 12.5. The molecule has 1 aromatic heterocycles. The molecule has 0 bridgehead atoms. The predicted molar refractivity (Wildman–Crippen MR) is 69.2 cm³/mol. The Hall–Kier alpha value is -1.13. The molecule has 1 aliphatic heterocycles. The van der Waals surface area contributed by atoms with Crippen molar-refractivity contribution in [2.24, 2.45) is 5.73 Å². The Balaban J connectivity index is 2.24. The number of hydrogen-bond donors (Lipinski definition) is 1. The molecule has 4 heteroatoms. The topological polar surface area (TPSA) is 51.4 Å². The molecule has 0 radical (unpaired) electrons. The van der Waals surface area contributed by atoms with Gasteiger partial charge in [-0.2, -0.15) is 0 Å². The van der Waals surface area contributed by atoms with Crippen molar-refractivity contribution in [1.82, 2.24) is 4.98 Å². The predicted octanol–water partition coefficient (Wildman–Crippen LogP) is 1.33. The Morgan fingerprint density at radius 1 is 1.59 bits per heavy atom. The number of aryl methyl sites for hydroxylation is 1. The summed E-state index contributed by atoms with van der Waals surface area (Å²) in [6.45, 7) is 8.60. The van der Waals surface area contributed by atoms with Crippen LogP contribution in [0.5, 0.6) is 0 Å². The van der Waals surface area contributed by atoms with Crippen LogP contribution in [0, 0.1) is 6.92 Å². The van der Waals surface area contributed by atoms with Crippen LogP contribution in [0.15, 0.2) is 18.5 Å². The number of nitrogens with zero attached hydrogens (tertiary/aromatic N) is 2. The van der Waals surface area contributed by atoms with Crippen LogP contribution in [0.1, 0.15) is 19.4 Å². The van der Waals surface area contributed by atoms with E-state index in [4.69, 9.17) is 10.5 Å². The van der Waals surface area contributed by atoms with Crippen molar-refractivity contribution in [3.05, 3.63) is 24.0 Å². The molecule has 1 aromatic rings. The van der Waals surface area contributed by atoms with E-state index in [0.717, 1.165) is 13.1 Å². The maximum Gasteiger partial charge on any atom is 0.0879 e. The standard InChI is InChI=1S/C13H21N3O/c1-10-7-15-5-4-12(10)16-8-11(6-14)17-13(2,3)9-16/h4-5,7,11H,6,8-9,14H2,1-3H3. The first kappa shape index (κ1) is 12.3. The zero-order valence-electron chi connectivity index (χ0n) is 10.8. The molecular formula is C13H21N3O. The van der Waals surface area contributed by atoms with Gasteiger partial charge in [0.05, 0.1) is 11.7 Å². The summed E-state index contributed by atoms with van der Waals surface area (Å²) < 4.78 is 5.93. The van der Waals surface area contributed by atoms with Crippen LogP contribution in [0.4, 0.5) is 5.69 Å². The molecular weight excluding hydrogens is 214 g/mol. The van der Waals surface area contributed by atoms with Crippen LogP contribution in [0.25, 0.3) is 0 Å². The number of ether oxygens (including phenoxy) is 1. The molecule has 94 valence electrons. The van der Waals surface area contributed by atoms with Gasteiger partial charge in [0.2, 0.25) is 0 Å². The van der Waals surface area contributed by atoms with Crippen LogP contribution >= 0.6 is 0 Å². The van der Waals surface area contributed by atoms with Gasteiger partial charge in [-0.15, -0.1) is 0 Å². The normalized spacial score (nSPS) is 23.8. The molecule has 4 nitrogen and oxygen atoms in total. The Morgan fingerprint density at radius 3 is 3.00 bits per heavy atom. The van der Waals surface area contributed by atoms with Gasteiger partial charge in [0, 0.05) is 37.7 Å². The van der Waals surface area contributed by atoms with Gasteiger partial charge >= 0.3 is 0 Å². The van der Waals surface area contributed by atoms with Gasteiger partial charge in [-0.3, -0.25) is 4.98 Å². The van der Waals surface area contributed by atoms with Crippen LogP contribution < -0.4 is 10.6 Å². The maximum absolute atomic E-state index is 5.93. The molecule has 0 aromatic carbocycles. The Bertz CT molecular complexity index is 392. The summed E-state index contributed by atoms with van der Waals surface area (Å²) in [5, 5.41) is 0. The molecule has 17 heavy (non-hydrogen) atoms. The first-order chi connectivity index (χ1) is 8.02. The van der Waals surface area contributed by atoms with Crippen molar-refractivity contribution in [2.75, 3.05) is 24.5 Å². The quantitative estimate of drug-likeness (QED) is 0.840. The molecule has 2 N–H and O–H groups in total. The third kappa shape index (κ3) is 2.76. The summed E-state index contributed by atoms with van der Waals surface area (Å²) in [6, 6.07) is 2.06. The fourth-order valence-corrected chi connectivity index (χ4v) is 2.42. The second-order valence-electron chi connectivity index (χ2n) is 5.28. The minimum atomic E-state index is -0.155. The summed E-state index contributed by atoms with van der Waals surface area (Å²) >= 11 is 0. The molecule has 0 spiro atoms. The Labute approximate surface area is 103 Å². The summed E-state index contributed by atoms with van der Waals surface area (Å²) in [5.74, 6) is 0. The minimum Gasteiger partial charge on any atom is -0.367 e. The second-order valence-corrected chi connectivity index (χ2v) is 5.28. The average Bonchev–Trinajstić information content (AvgIpc) is 2.27. The van der Waals surface area contributed by atoms with Gasteiger partial charge < -0.3 is 15.4 Å². The zero-order valence-corrected chi connectivity index (χ0v) is 10.8. The van der Waals surface area contributed by atoms with Crippen molar-refractivity contribution in [2.45, 2.75) is 32.5 Å². The molecule has 0 aliphatic carbocycles. The molecule has 2 heterocycles. The molecule has 1 atom stereocenters. The summed E-state index contributed by atoms with van der Waals surface area (Å²) in [5.41, 5.74) is 8.01. The van der Waals surface area contributed by atoms with Gasteiger partial charge in [0.25, 0.3) is 0 Å². The van der Waals surface area contributed by atoms with Gasteiger partial charge in [0.1, 0.15) is 0 Å². The second kappa shape index (κ2) is 4.63. The third-order valence-electron chi connectivity index (χ3n) is 3.08. The number of pyridine rings is 1. The SMILES string of the molecule is Cc1cnccc1N1CC(CN)OC(C)(C)C1. The maximum atomic E-state index is 5.93. The molecule has 2 rings (SSSR count). The number of morpholine rings is 1. The molecule has 0 saturated carbocycles. The Morgan fingerprint density at radius 2 is 2.35 bits per heavy atom. The highest BCUT2D eigenvalue weighted by atomic mass is 16.5. The lowest BCUT2D eigenvalue weighted by molar-refractivity contribution is -0.0788. The van der Waals surface area contributed by atoms with Crippen molar-refractivity contribution in [3.8, 4) is 0 Å². The van der Waals surface area contributed by atoms with Crippen LogP contribution in [0.2, 0.25) is 0 Å². The van der Waals surface area contributed by atoms with E-state index >= 15 is 0 Å². The van der Waals surface area contributed by atoms with E-state index in [-0.39, 0.29) is 11.7 Å². The molecule has 0 amide bonds. The monoisotopic (exact) mass is 235 g/mol. The summed E-state index contributed by atoms with van der Waals surface area (Å²) in [6.07, 6.45) is 3.84. The molecule has 1 saturated heterocycles. The lowest BCUT2D eigenvalue weighted by Crippen LogP contribution is -2.55. The number of aromatic nitrogens is 1. The van der Waals surface area contributed by atoms with Gasteiger partial charge in [-0.1, -0.05) is 0 Å². The van der Waals surface area contributed by atoms with E-state index in [0.29, 0.717) is 6.54 Å². The largest absolute Gasteiger partial charge is 0.367 e. The van der Waals surface area contributed by atoms with Crippen molar-refractivity contribution >= 4 is 5.69 Å². The van der Waals surface area contributed by atoms with E-state index in [1.54, 1.807) is 0 Å². The van der Waals surface area contributed by atoms with Gasteiger partial charge in [-0.05, 0) is 32.4 Å². The number of hydrogen-bond acceptors (Lipinski definition) is 4. The van der Waals surface area contributed by atoms with E-state index in [1.807, 2.05) is 12.4 Å². The Kier molecular flexibility index (Phi) is 3.35. The van der Waals surface area contributed by atoms with Crippen LogP contribution in [0.3, 0.4) is 0 Å². The molecule has 1 aliphatic rings. The van der Waals surface area contributed by atoms with Crippen molar-refractivity contribution in [1.29, 1.82) is 0 Å². The average molecular weight is 235 g/mol. The first-order valence-corrected chi connectivity index (χ1v) is 6.05. The van der Waals surface area contributed by atoms with E-state index in [2.05, 4.69) is 36.7 Å². The summed E-state index contributed by atoms with van der Waals surface area (Å²) in [7, 11) is 0. The van der Waals surface area contributed by atoms with Gasteiger partial charge in [-0.25, -0.2) is 0 Å². The van der Waals surface area contributed by atoms with Crippen molar-refractivity contribution in [3.63, 3.8) is 0 Å². The number of anilines is 1. The smallest absolute Gasteiger partial charge is 0.0879 e. The number of rotatable bonds is 2. The molecule has 1 unspecified atom stereocenters. The lowest BCUT2D eigenvalue weighted by atomic mass is 10.0. The minimum absolute atomic E-state index is 0.103. The van der Waals surface area contributed by atoms with Crippen LogP contribution in [-0.2, 0) is 4.74 Å². The van der Waals surface area contributed by atoms with Crippen molar-refractivity contribution < 1.29 is 4.74 Å². The molecule has 1 fully saturated rings. The third-order valence-corrected chi connectivity index (χ3v) is 3.08. The highest BCUT2D eigenvalue weighted by Gasteiger charge is 2.33. The van der Waals surface area contributed by atoms with E-state index in [1.165, 1.54) is 11.3 Å². The first-order valence-electron chi connectivity index (χ1n) is 6.05. The highest BCUT2D eigenvalue weighted by Crippen LogP contribution is 2.27. The fraction of sp³-hybridized carbons (Fsp3) is 0.615. The van der Waals surface area contributed by atoms with Crippen LogP contribution in [-0.4, -0.2) is 36.3 Å². The number of nitrogens with two attached hydrogens (primary N) is 1. The van der Waals surface area contributed by atoms with E-state index in [9.17, 15) is 0 Å². The summed E-state index contributed by atoms with van der Waals surface area (Å²) in [4.78, 5) is 6.48.